The van der Waals surface area contributed by atoms with Crippen molar-refractivity contribution in [2.45, 2.75) is 258 Å². The van der Waals surface area contributed by atoms with Crippen molar-refractivity contribution in [3.05, 3.63) is 109 Å². The van der Waals surface area contributed by atoms with Crippen LogP contribution in [0.15, 0.2) is 109 Å². The molecule has 0 spiro atoms. The number of allylic oxidation sites excluding steroid dienone is 18. The van der Waals surface area contributed by atoms with Gasteiger partial charge in [0.25, 0.3) is 0 Å². The van der Waals surface area contributed by atoms with Gasteiger partial charge in [-0.1, -0.05) is 214 Å². The molecule has 0 amide bonds. The van der Waals surface area contributed by atoms with Gasteiger partial charge in [-0.05, 0) is 128 Å². The average Bonchev–Trinajstić information content (AvgIpc) is 3.35. The van der Waals surface area contributed by atoms with Gasteiger partial charge in [0.1, 0.15) is 13.2 Å². The smallest absolute Gasteiger partial charge is 0.306 e. The van der Waals surface area contributed by atoms with Crippen LogP contribution in [0.3, 0.4) is 0 Å². The molecule has 0 radical (unpaired) electrons. The highest BCUT2D eigenvalue weighted by atomic mass is 16.6. The summed E-state index contributed by atoms with van der Waals surface area (Å²) >= 11 is 0. The summed E-state index contributed by atoms with van der Waals surface area (Å²) in [5, 5.41) is 0. The topological polar surface area (TPSA) is 78.9 Å². The Kier molecular flexibility index (Phi) is 53.4. The van der Waals surface area contributed by atoms with Gasteiger partial charge >= 0.3 is 17.9 Å². The van der Waals surface area contributed by atoms with Crippen molar-refractivity contribution < 1.29 is 28.6 Å². The Labute approximate surface area is 425 Å². The Balaban J connectivity index is 4.55. The number of hydrogen-bond donors (Lipinski definition) is 0. The third-order valence-corrected chi connectivity index (χ3v) is 11.7. The number of carbonyl (C=O) groups excluding carboxylic acids is 3. The van der Waals surface area contributed by atoms with Gasteiger partial charge in [-0.3, -0.25) is 14.4 Å². The Morgan fingerprint density at radius 3 is 0.928 bits per heavy atom. The highest BCUT2D eigenvalue weighted by molar-refractivity contribution is 5.71. The van der Waals surface area contributed by atoms with Crippen molar-refractivity contribution in [1.82, 2.24) is 0 Å². The summed E-state index contributed by atoms with van der Waals surface area (Å²) in [4.78, 5) is 38.1. The molecule has 69 heavy (non-hydrogen) atoms. The molecule has 0 heterocycles. The van der Waals surface area contributed by atoms with E-state index in [9.17, 15) is 14.4 Å². The van der Waals surface area contributed by atoms with Crippen LogP contribution in [0.1, 0.15) is 252 Å². The lowest BCUT2D eigenvalue weighted by Gasteiger charge is -2.18. The zero-order valence-electron chi connectivity index (χ0n) is 44.8. The zero-order chi connectivity index (χ0) is 50.0. The van der Waals surface area contributed by atoms with Gasteiger partial charge in [-0.25, -0.2) is 0 Å². The van der Waals surface area contributed by atoms with Crippen molar-refractivity contribution in [1.29, 1.82) is 0 Å². The minimum atomic E-state index is -0.820. The second-order valence-corrected chi connectivity index (χ2v) is 18.5. The van der Waals surface area contributed by atoms with Crippen LogP contribution in [0, 0.1) is 0 Å². The van der Waals surface area contributed by atoms with Crippen LogP contribution < -0.4 is 0 Å². The first kappa shape index (κ1) is 65.1. The summed E-state index contributed by atoms with van der Waals surface area (Å²) < 4.78 is 16.8. The molecule has 0 aromatic heterocycles. The number of rotatable bonds is 50. The highest BCUT2D eigenvalue weighted by Crippen LogP contribution is 2.13. The Hall–Kier alpha value is -3.93. The van der Waals surface area contributed by atoms with Gasteiger partial charge < -0.3 is 14.2 Å². The molecule has 6 heteroatoms. The second kappa shape index (κ2) is 56.7. The predicted molar refractivity (Wildman–Crippen MR) is 297 cm³/mol. The average molecular weight is 958 g/mol. The molecule has 0 aliphatic rings. The fraction of sp³-hybridized carbons (Fsp3) is 0.667. The number of esters is 3. The molecule has 0 fully saturated rings. The monoisotopic (exact) mass is 957 g/mol. The molecule has 0 aliphatic carbocycles. The molecule has 0 aromatic carbocycles. The van der Waals surface area contributed by atoms with Gasteiger partial charge in [0, 0.05) is 19.3 Å². The van der Waals surface area contributed by atoms with Gasteiger partial charge in [0.05, 0.1) is 0 Å². The molecule has 0 saturated heterocycles. The molecule has 392 valence electrons. The summed E-state index contributed by atoms with van der Waals surface area (Å²) in [5.41, 5.74) is 0. The van der Waals surface area contributed by atoms with Crippen LogP contribution in [-0.2, 0) is 28.6 Å². The van der Waals surface area contributed by atoms with E-state index in [0.29, 0.717) is 19.3 Å². The first-order valence-electron chi connectivity index (χ1n) is 28.4. The van der Waals surface area contributed by atoms with E-state index < -0.39 is 6.10 Å². The number of carbonyl (C=O) groups is 3. The lowest BCUT2D eigenvalue weighted by Crippen LogP contribution is -2.30. The summed E-state index contributed by atoms with van der Waals surface area (Å²) in [5.74, 6) is -1.01. The van der Waals surface area contributed by atoms with Crippen LogP contribution in [0.2, 0.25) is 0 Å². The van der Waals surface area contributed by atoms with E-state index in [4.69, 9.17) is 14.2 Å². The van der Waals surface area contributed by atoms with E-state index in [-0.39, 0.29) is 37.5 Å². The minimum absolute atomic E-state index is 0.116. The molecule has 0 aliphatic heterocycles. The van der Waals surface area contributed by atoms with E-state index in [1.54, 1.807) is 0 Å². The molecule has 0 bridgehead atoms. The molecule has 1 atom stereocenters. The van der Waals surface area contributed by atoms with Crippen LogP contribution in [-0.4, -0.2) is 37.2 Å². The van der Waals surface area contributed by atoms with Crippen LogP contribution >= 0.6 is 0 Å². The van der Waals surface area contributed by atoms with E-state index in [2.05, 4.69) is 130 Å². The van der Waals surface area contributed by atoms with Crippen LogP contribution in [0.4, 0.5) is 0 Å². The molecule has 6 nitrogen and oxygen atoms in total. The van der Waals surface area contributed by atoms with E-state index in [0.717, 1.165) is 103 Å². The fourth-order valence-electron chi connectivity index (χ4n) is 7.41. The fourth-order valence-corrected chi connectivity index (χ4v) is 7.41. The number of ether oxygens (including phenoxy) is 3. The van der Waals surface area contributed by atoms with Crippen molar-refractivity contribution >= 4 is 17.9 Å². The molecular weight excluding hydrogens is 853 g/mol. The lowest BCUT2D eigenvalue weighted by atomic mass is 10.1. The van der Waals surface area contributed by atoms with E-state index in [1.165, 1.54) is 103 Å². The highest BCUT2D eigenvalue weighted by Gasteiger charge is 2.19. The largest absolute Gasteiger partial charge is 0.462 e. The molecule has 0 unspecified atom stereocenters. The predicted octanol–water partition coefficient (Wildman–Crippen LogP) is 19.1. The molecule has 0 N–H and O–H groups in total. The maximum atomic E-state index is 12.8. The van der Waals surface area contributed by atoms with Gasteiger partial charge in [-0.15, -0.1) is 0 Å². The van der Waals surface area contributed by atoms with Gasteiger partial charge in [0.15, 0.2) is 6.10 Å². The molecular formula is C63H104O6. The quantitative estimate of drug-likeness (QED) is 0.0262. The maximum Gasteiger partial charge on any atom is 0.306 e. The van der Waals surface area contributed by atoms with Crippen molar-refractivity contribution in [3.63, 3.8) is 0 Å². The second-order valence-electron chi connectivity index (χ2n) is 18.5. The Bertz CT molecular complexity index is 1420. The lowest BCUT2D eigenvalue weighted by molar-refractivity contribution is -0.167. The summed E-state index contributed by atoms with van der Waals surface area (Å²) in [7, 11) is 0. The third kappa shape index (κ3) is 54.9. The SMILES string of the molecule is CCCCC/C=C\C/C=C\C/C=C\C/C=C\CCCCCC(=O)OC[C@H](COC(=O)CCC/C=C\C/C=C\C/C=C\C/C=C\CCCCC)OC(=O)CCCCCCC/C=C\CCCCCCCC. The Morgan fingerprint density at radius 1 is 0.290 bits per heavy atom. The van der Waals surface area contributed by atoms with Crippen molar-refractivity contribution in [2.75, 3.05) is 13.2 Å². The zero-order valence-corrected chi connectivity index (χ0v) is 44.8. The summed E-state index contributed by atoms with van der Waals surface area (Å²) in [6.07, 6.45) is 76.5. The standard InChI is InChI=1S/C63H104O6/c1-4-7-10-13-16-19-22-25-28-30-31-33-36-38-41-44-47-50-53-56-62(65)68-59-60(69-63(66)57-54-51-48-45-42-39-34-27-24-21-18-15-12-9-6-3)58-67-61(64)55-52-49-46-43-40-37-35-32-29-26-23-20-17-14-11-8-5-2/h16-17,19-20,25-29,31,33-35,37-38,41,43,46,60H,4-15,18,21-24,30,32,36,39-40,42,44-45,47-59H2,1-3H3/b19-16-,20-17-,28-25-,29-26-,33-31-,34-27-,37-35-,41-38-,46-43-/t60-/m0/s1. The van der Waals surface area contributed by atoms with Crippen LogP contribution in [0.25, 0.3) is 0 Å². The minimum Gasteiger partial charge on any atom is -0.462 e. The van der Waals surface area contributed by atoms with Crippen molar-refractivity contribution in [2.24, 2.45) is 0 Å². The Morgan fingerprint density at radius 2 is 0.536 bits per heavy atom. The third-order valence-electron chi connectivity index (χ3n) is 11.7. The van der Waals surface area contributed by atoms with E-state index in [1.807, 2.05) is 0 Å². The van der Waals surface area contributed by atoms with Gasteiger partial charge in [0.2, 0.25) is 0 Å². The summed E-state index contributed by atoms with van der Waals surface area (Å²) in [6.45, 7) is 6.49. The summed E-state index contributed by atoms with van der Waals surface area (Å²) in [6, 6.07) is 0. The van der Waals surface area contributed by atoms with Crippen LogP contribution in [0.5, 0.6) is 0 Å². The number of unbranched alkanes of at least 4 members (excludes halogenated alkanes) is 21. The molecule has 0 aromatic rings. The number of hydrogen-bond acceptors (Lipinski definition) is 6. The first-order valence-corrected chi connectivity index (χ1v) is 28.4. The molecule has 0 saturated carbocycles. The van der Waals surface area contributed by atoms with Crippen molar-refractivity contribution in [3.8, 4) is 0 Å². The molecule has 0 rings (SSSR count). The first-order chi connectivity index (χ1) is 34.0. The van der Waals surface area contributed by atoms with Gasteiger partial charge in [-0.2, -0.15) is 0 Å². The normalized spacial score (nSPS) is 12.9. The van der Waals surface area contributed by atoms with E-state index >= 15 is 0 Å². The maximum absolute atomic E-state index is 12.8.